The number of hydrogen-bond acceptors (Lipinski definition) is 11. The SMILES string of the molecule is CC(=O)OCC1OC(c2ccc(Cl)c(Cc3ccc(OCCC4(F)COC4)cc3)c2)[C@H](OC(C)=O)[C@@H](OC(C)=O)[C@@H]1OC(C)=O. The number of rotatable bonds is 12. The smallest absolute Gasteiger partial charge is 0.303 e. The van der Waals surface area contributed by atoms with Crippen LogP contribution >= 0.6 is 11.6 Å². The van der Waals surface area contributed by atoms with Crippen molar-refractivity contribution in [1.82, 2.24) is 0 Å². The Morgan fingerprint density at radius 3 is 2.07 bits per heavy atom. The monoisotopic (exact) mass is 650 g/mol. The van der Waals surface area contributed by atoms with E-state index in [1.165, 1.54) is 20.8 Å². The van der Waals surface area contributed by atoms with Crippen molar-refractivity contribution in [2.45, 2.75) is 76.7 Å². The van der Waals surface area contributed by atoms with E-state index in [0.717, 1.165) is 12.5 Å². The second-order valence-electron chi connectivity index (χ2n) is 11.0. The molecular formula is C32H36ClFO11. The second-order valence-corrected chi connectivity index (χ2v) is 11.4. The Kier molecular flexibility index (Phi) is 11.4. The summed E-state index contributed by atoms with van der Waals surface area (Å²) in [6.45, 7) is 4.80. The molecule has 13 heteroatoms. The maximum atomic E-state index is 14.1. The zero-order valence-electron chi connectivity index (χ0n) is 25.4. The zero-order valence-corrected chi connectivity index (χ0v) is 26.2. The molecule has 2 saturated heterocycles. The summed E-state index contributed by atoms with van der Waals surface area (Å²) in [7, 11) is 0. The minimum Gasteiger partial charge on any atom is -0.493 e. The lowest BCUT2D eigenvalue weighted by atomic mass is 9.89. The first-order valence-electron chi connectivity index (χ1n) is 14.4. The maximum absolute atomic E-state index is 14.1. The topological polar surface area (TPSA) is 133 Å². The molecule has 11 nitrogen and oxygen atoms in total. The van der Waals surface area contributed by atoms with Gasteiger partial charge in [-0.05, 0) is 41.3 Å². The molecule has 2 fully saturated rings. The molecular weight excluding hydrogens is 615 g/mol. The van der Waals surface area contributed by atoms with Gasteiger partial charge >= 0.3 is 23.9 Å². The molecule has 0 N–H and O–H groups in total. The van der Waals surface area contributed by atoms with Gasteiger partial charge in [-0.2, -0.15) is 0 Å². The Balaban J connectivity index is 1.59. The third-order valence-corrected chi connectivity index (χ3v) is 7.62. The Morgan fingerprint density at radius 1 is 0.867 bits per heavy atom. The highest BCUT2D eigenvalue weighted by molar-refractivity contribution is 6.31. The number of carbonyl (C=O) groups is 4. The summed E-state index contributed by atoms with van der Waals surface area (Å²) >= 11 is 6.58. The quantitative estimate of drug-likeness (QED) is 0.241. The van der Waals surface area contributed by atoms with Gasteiger partial charge in [-0.25, -0.2) is 4.39 Å². The fourth-order valence-electron chi connectivity index (χ4n) is 5.15. The number of carbonyl (C=O) groups excluding carboxylic acids is 4. The standard InChI is InChI=1S/C32H36ClFO11/c1-18(35)41-15-27-29(42-19(2)36)31(44-21(4)38)30(43-20(3)37)28(45-27)23-7-10-26(33)24(14-23)13-22-5-8-25(9-6-22)40-12-11-32(34)16-39-17-32/h5-10,14,27-31H,11-13,15-17H2,1-4H3/t27?,28?,29-,30+,31+/m1/s1. The minimum atomic E-state index is -1.32. The van der Waals surface area contributed by atoms with E-state index in [2.05, 4.69) is 0 Å². The van der Waals surface area contributed by atoms with E-state index < -0.39 is 60.1 Å². The molecule has 5 atom stereocenters. The van der Waals surface area contributed by atoms with Crippen LogP contribution in [0.5, 0.6) is 5.75 Å². The first-order chi connectivity index (χ1) is 21.3. The molecule has 2 aliphatic heterocycles. The first-order valence-corrected chi connectivity index (χ1v) is 14.8. The summed E-state index contributed by atoms with van der Waals surface area (Å²) in [5.41, 5.74) is 0.808. The van der Waals surface area contributed by atoms with Crippen LogP contribution in [-0.2, 0) is 54.0 Å². The van der Waals surface area contributed by atoms with Crippen LogP contribution in [0.3, 0.4) is 0 Å². The molecule has 0 spiro atoms. The van der Waals surface area contributed by atoms with E-state index in [1.54, 1.807) is 30.3 Å². The van der Waals surface area contributed by atoms with Gasteiger partial charge in [0.25, 0.3) is 0 Å². The number of hydrogen-bond donors (Lipinski definition) is 0. The van der Waals surface area contributed by atoms with Crippen LogP contribution < -0.4 is 4.74 Å². The third-order valence-electron chi connectivity index (χ3n) is 7.25. The predicted octanol–water partition coefficient (Wildman–Crippen LogP) is 4.24. The number of halogens is 2. The van der Waals surface area contributed by atoms with E-state index in [0.29, 0.717) is 28.3 Å². The second kappa shape index (κ2) is 15.0. The fourth-order valence-corrected chi connectivity index (χ4v) is 5.33. The van der Waals surface area contributed by atoms with Gasteiger partial charge in [0.2, 0.25) is 0 Å². The highest BCUT2D eigenvalue weighted by Crippen LogP contribution is 2.39. The van der Waals surface area contributed by atoms with E-state index in [4.69, 9.17) is 44.8 Å². The highest BCUT2D eigenvalue weighted by atomic mass is 35.5. The lowest BCUT2D eigenvalue weighted by Crippen LogP contribution is -2.59. The number of alkyl halides is 1. The van der Waals surface area contributed by atoms with Crippen LogP contribution in [0.2, 0.25) is 5.02 Å². The van der Waals surface area contributed by atoms with Crippen molar-refractivity contribution in [3.05, 3.63) is 64.2 Å². The molecule has 0 bridgehead atoms. The van der Waals surface area contributed by atoms with Gasteiger partial charge in [0.1, 0.15) is 24.6 Å². The molecule has 0 radical (unpaired) electrons. The number of esters is 4. The summed E-state index contributed by atoms with van der Waals surface area (Å²) in [6.07, 6.45) is -5.22. The molecule has 244 valence electrons. The average molecular weight is 651 g/mol. The lowest BCUT2D eigenvalue weighted by molar-refractivity contribution is -0.254. The molecule has 0 saturated carbocycles. The van der Waals surface area contributed by atoms with Crippen molar-refractivity contribution in [1.29, 1.82) is 0 Å². The van der Waals surface area contributed by atoms with Crippen LogP contribution in [-0.4, -0.2) is 80.4 Å². The molecule has 2 heterocycles. The average Bonchev–Trinajstić information content (AvgIpc) is 2.94. The summed E-state index contributed by atoms with van der Waals surface area (Å²) in [5, 5.41) is 0.459. The van der Waals surface area contributed by atoms with E-state index >= 15 is 0 Å². The summed E-state index contributed by atoms with van der Waals surface area (Å²) < 4.78 is 52.8. The van der Waals surface area contributed by atoms with Crippen molar-refractivity contribution in [3.63, 3.8) is 0 Å². The van der Waals surface area contributed by atoms with Gasteiger partial charge in [0.15, 0.2) is 24.0 Å². The van der Waals surface area contributed by atoms with Crippen molar-refractivity contribution >= 4 is 35.5 Å². The highest BCUT2D eigenvalue weighted by Gasteiger charge is 2.52. The molecule has 4 rings (SSSR count). The van der Waals surface area contributed by atoms with Gasteiger partial charge < -0.3 is 33.2 Å². The number of benzene rings is 2. The van der Waals surface area contributed by atoms with Gasteiger partial charge in [-0.1, -0.05) is 35.9 Å². The van der Waals surface area contributed by atoms with Gasteiger partial charge in [0.05, 0.1) is 19.8 Å². The maximum Gasteiger partial charge on any atom is 0.303 e. The minimum absolute atomic E-state index is 0.0900. The van der Waals surface area contributed by atoms with Gasteiger partial charge in [-0.3, -0.25) is 19.2 Å². The Morgan fingerprint density at radius 2 is 1.49 bits per heavy atom. The molecule has 2 aromatic carbocycles. The van der Waals surface area contributed by atoms with Gasteiger partial charge in [0, 0.05) is 39.1 Å². The van der Waals surface area contributed by atoms with Crippen LogP contribution in [0.4, 0.5) is 4.39 Å². The van der Waals surface area contributed by atoms with Crippen molar-refractivity contribution in [3.8, 4) is 5.75 Å². The van der Waals surface area contributed by atoms with E-state index in [9.17, 15) is 23.6 Å². The van der Waals surface area contributed by atoms with Crippen LogP contribution in [0.15, 0.2) is 42.5 Å². The largest absolute Gasteiger partial charge is 0.493 e. The van der Waals surface area contributed by atoms with Crippen molar-refractivity contribution in [2.75, 3.05) is 26.4 Å². The normalized spacial score (nSPS) is 23.6. The van der Waals surface area contributed by atoms with Crippen molar-refractivity contribution in [2.24, 2.45) is 0 Å². The Bertz CT molecular complexity index is 1380. The van der Waals surface area contributed by atoms with Crippen LogP contribution in [0.1, 0.15) is 56.9 Å². The fraction of sp³-hybridized carbons (Fsp3) is 0.500. The number of ether oxygens (including phenoxy) is 7. The Labute approximate surface area is 265 Å². The Hall–Kier alpha value is -3.74. The van der Waals surface area contributed by atoms with Crippen LogP contribution in [0, 0.1) is 0 Å². The van der Waals surface area contributed by atoms with Crippen LogP contribution in [0.25, 0.3) is 0 Å². The lowest BCUT2D eigenvalue weighted by Gasteiger charge is -2.44. The molecule has 2 aromatic rings. The third kappa shape index (κ3) is 9.38. The summed E-state index contributed by atoms with van der Waals surface area (Å²) in [6, 6.07) is 12.4. The van der Waals surface area contributed by atoms with E-state index in [-0.39, 0.29) is 32.8 Å². The summed E-state index contributed by atoms with van der Waals surface area (Å²) in [4.78, 5) is 48.0. The van der Waals surface area contributed by atoms with Gasteiger partial charge in [-0.15, -0.1) is 0 Å². The molecule has 2 unspecified atom stereocenters. The summed E-state index contributed by atoms with van der Waals surface area (Å²) in [5.74, 6) is -2.12. The molecule has 0 aliphatic carbocycles. The van der Waals surface area contributed by atoms with E-state index in [1.807, 2.05) is 12.1 Å². The van der Waals surface area contributed by atoms with Crippen molar-refractivity contribution < 1.29 is 56.7 Å². The molecule has 45 heavy (non-hydrogen) atoms. The molecule has 0 aromatic heterocycles. The zero-order chi connectivity index (χ0) is 32.7. The first kappa shape index (κ1) is 34.1. The molecule has 0 amide bonds. The molecule has 2 aliphatic rings. The predicted molar refractivity (Wildman–Crippen MR) is 156 cm³/mol.